The number of ether oxygens (including phenoxy) is 1. The van der Waals surface area contributed by atoms with Crippen LogP contribution < -0.4 is 9.88 Å². The molecule has 2 N–H and O–H groups in total. The number of nitrogens with two attached hydrogens (primary N) is 1. The van der Waals surface area contributed by atoms with E-state index in [9.17, 15) is 12.8 Å². The van der Waals surface area contributed by atoms with E-state index < -0.39 is 10.0 Å². The van der Waals surface area contributed by atoms with Crippen molar-refractivity contribution < 1.29 is 17.5 Å². The predicted molar refractivity (Wildman–Crippen MR) is 79.1 cm³/mol. The van der Waals surface area contributed by atoms with Gasteiger partial charge in [-0.3, -0.25) is 0 Å². The fourth-order valence-corrected chi connectivity index (χ4v) is 2.82. The van der Waals surface area contributed by atoms with Gasteiger partial charge in [0.25, 0.3) is 0 Å². The lowest BCUT2D eigenvalue weighted by Crippen LogP contribution is -2.25. The maximum atomic E-state index is 12.8. The highest BCUT2D eigenvalue weighted by atomic mass is 32.2. The largest absolute Gasteiger partial charge is 0.493 e. The first kappa shape index (κ1) is 15.5. The van der Waals surface area contributed by atoms with Crippen LogP contribution in [0.2, 0.25) is 0 Å². The lowest BCUT2D eigenvalue weighted by Gasteiger charge is -2.17. The smallest absolute Gasteiger partial charge is 0.209 e. The lowest BCUT2D eigenvalue weighted by molar-refractivity contribution is 0.296. The molecule has 6 heteroatoms. The molecule has 1 unspecified atom stereocenters. The number of hydrogen-bond acceptors (Lipinski definition) is 3. The van der Waals surface area contributed by atoms with E-state index in [1.165, 1.54) is 24.3 Å². The van der Waals surface area contributed by atoms with Crippen molar-refractivity contribution in [1.29, 1.82) is 0 Å². The third-order valence-electron chi connectivity index (χ3n) is 2.97. The standard InChI is InChI=1S/C15H16FNO3S/c16-14-6-8-15(9-7-14)20-10-13(11-21(17,18)19)12-4-2-1-3-5-12/h1-9,13H,10-11H2,(H2,17,18,19). The van der Waals surface area contributed by atoms with E-state index in [-0.39, 0.29) is 24.1 Å². The van der Waals surface area contributed by atoms with E-state index in [0.29, 0.717) is 5.75 Å². The van der Waals surface area contributed by atoms with Gasteiger partial charge in [-0.05, 0) is 29.8 Å². The van der Waals surface area contributed by atoms with Crippen LogP contribution in [0.25, 0.3) is 0 Å². The Kier molecular flexibility index (Phi) is 4.93. The number of halogens is 1. The molecule has 0 heterocycles. The zero-order chi connectivity index (χ0) is 15.3. The van der Waals surface area contributed by atoms with E-state index in [1.54, 1.807) is 0 Å². The summed E-state index contributed by atoms with van der Waals surface area (Å²) in [5.41, 5.74) is 0.827. The summed E-state index contributed by atoms with van der Waals surface area (Å²) in [4.78, 5) is 0. The maximum Gasteiger partial charge on any atom is 0.209 e. The zero-order valence-electron chi connectivity index (χ0n) is 11.3. The minimum Gasteiger partial charge on any atom is -0.493 e. The van der Waals surface area contributed by atoms with Gasteiger partial charge < -0.3 is 4.74 Å². The maximum absolute atomic E-state index is 12.8. The first-order valence-corrected chi connectivity index (χ1v) is 8.09. The van der Waals surface area contributed by atoms with Gasteiger partial charge >= 0.3 is 0 Å². The summed E-state index contributed by atoms with van der Waals surface area (Å²) in [5.74, 6) is -0.470. The van der Waals surface area contributed by atoms with Crippen molar-refractivity contribution in [2.75, 3.05) is 12.4 Å². The quantitative estimate of drug-likeness (QED) is 0.890. The summed E-state index contributed by atoms with van der Waals surface area (Å²) in [5, 5.41) is 5.13. The molecule has 21 heavy (non-hydrogen) atoms. The Labute approximate surface area is 123 Å². The highest BCUT2D eigenvalue weighted by molar-refractivity contribution is 7.89. The molecule has 112 valence electrons. The van der Waals surface area contributed by atoms with Crippen LogP contribution in [0.5, 0.6) is 5.75 Å². The summed E-state index contributed by atoms with van der Waals surface area (Å²) < 4.78 is 41.0. The number of benzene rings is 2. The van der Waals surface area contributed by atoms with Crippen LogP contribution in [0.3, 0.4) is 0 Å². The predicted octanol–water partition coefficient (Wildman–Crippen LogP) is 2.28. The molecule has 0 radical (unpaired) electrons. The van der Waals surface area contributed by atoms with Crippen molar-refractivity contribution in [2.45, 2.75) is 5.92 Å². The molecule has 2 rings (SSSR count). The van der Waals surface area contributed by atoms with E-state index in [4.69, 9.17) is 9.88 Å². The SMILES string of the molecule is NS(=O)(=O)CC(COc1ccc(F)cc1)c1ccccc1. The van der Waals surface area contributed by atoms with E-state index in [2.05, 4.69) is 0 Å². The van der Waals surface area contributed by atoms with Crippen molar-refractivity contribution in [1.82, 2.24) is 0 Å². The number of sulfonamides is 1. The fraction of sp³-hybridized carbons (Fsp3) is 0.200. The van der Waals surface area contributed by atoms with Gasteiger partial charge in [0.15, 0.2) is 0 Å². The Balaban J connectivity index is 2.11. The number of hydrogen-bond donors (Lipinski definition) is 1. The third kappa shape index (κ3) is 5.17. The molecular weight excluding hydrogens is 293 g/mol. The molecule has 0 aromatic heterocycles. The third-order valence-corrected chi connectivity index (χ3v) is 3.84. The summed E-state index contributed by atoms with van der Waals surface area (Å²) in [6.07, 6.45) is 0. The molecule has 0 saturated carbocycles. The van der Waals surface area contributed by atoms with E-state index in [1.807, 2.05) is 30.3 Å². The van der Waals surface area contributed by atoms with Crippen LogP contribution in [-0.2, 0) is 10.0 Å². The highest BCUT2D eigenvalue weighted by Gasteiger charge is 2.18. The molecule has 0 spiro atoms. The Bertz CT molecular complexity index is 672. The monoisotopic (exact) mass is 309 g/mol. The molecule has 2 aromatic rings. The van der Waals surface area contributed by atoms with Crippen LogP contribution in [0, 0.1) is 5.82 Å². The molecule has 0 amide bonds. The first-order chi connectivity index (χ1) is 9.94. The minimum atomic E-state index is -3.62. The summed E-state index contributed by atoms with van der Waals surface area (Å²) >= 11 is 0. The van der Waals surface area contributed by atoms with Gasteiger partial charge in [0.05, 0.1) is 12.4 Å². The Hall–Kier alpha value is -1.92. The molecule has 0 aliphatic heterocycles. The second-order valence-electron chi connectivity index (χ2n) is 4.70. The Morgan fingerprint density at radius 1 is 1.05 bits per heavy atom. The highest BCUT2D eigenvalue weighted by Crippen LogP contribution is 2.20. The fourth-order valence-electron chi connectivity index (χ4n) is 1.97. The van der Waals surface area contributed by atoms with Crippen LogP contribution in [-0.4, -0.2) is 20.8 Å². The van der Waals surface area contributed by atoms with Crippen LogP contribution in [0.1, 0.15) is 11.5 Å². The molecule has 2 aromatic carbocycles. The van der Waals surface area contributed by atoms with Gasteiger partial charge in [0.2, 0.25) is 10.0 Å². The second-order valence-corrected chi connectivity index (χ2v) is 6.36. The molecule has 0 bridgehead atoms. The van der Waals surface area contributed by atoms with Crippen LogP contribution in [0.4, 0.5) is 4.39 Å². The van der Waals surface area contributed by atoms with Crippen molar-refractivity contribution in [3.63, 3.8) is 0 Å². The normalized spacial score (nSPS) is 12.9. The van der Waals surface area contributed by atoms with Gasteiger partial charge in [-0.2, -0.15) is 0 Å². The second kappa shape index (κ2) is 6.69. The summed E-state index contributed by atoms with van der Waals surface area (Å²) in [6.45, 7) is 0.145. The van der Waals surface area contributed by atoms with Gasteiger partial charge in [0.1, 0.15) is 11.6 Å². The van der Waals surface area contributed by atoms with Gasteiger partial charge in [0, 0.05) is 5.92 Å². The van der Waals surface area contributed by atoms with Crippen LogP contribution >= 0.6 is 0 Å². The average molecular weight is 309 g/mol. The Morgan fingerprint density at radius 3 is 2.24 bits per heavy atom. The minimum absolute atomic E-state index is 0.145. The Morgan fingerprint density at radius 2 is 1.67 bits per heavy atom. The number of rotatable bonds is 6. The number of primary sulfonamides is 1. The summed E-state index contributed by atoms with van der Waals surface area (Å²) in [6, 6.07) is 14.7. The lowest BCUT2D eigenvalue weighted by atomic mass is 10.0. The van der Waals surface area contributed by atoms with Gasteiger partial charge in [-0.15, -0.1) is 0 Å². The molecule has 4 nitrogen and oxygen atoms in total. The van der Waals surface area contributed by atoms with Gasteiger partial charge in [-0.25, -0.2) is 17.9 Å². The van der Waals surface area contributed by atoms with Crippen molar-refractivity contribution in [3.8, 4) is 5.75 Å². The van der Waals surface area contributed by atoms with Crippen molar-refractivity contribution in [3.05, 3.63) is 66.0 Å². The first-order valence-electron chi connectivity index (χ1n) is 6.38. The van der Waals surface area contributed by atoms with Crippen molar-refractivity contribution in [2.24, 2.45) is 5.14 Å². The molecule has 0 fully saturated rings. The summed E-state index contributed by atoms with van der Waals surface area (Å²) in [7, 11) is -3.62. The van der Waals surface area contributed by atoms with E-state index in [0.717, 1.165) is 5.56 Å². The molecule has 0 aliphatic carbocycles. The average Bonchev–Trinajstić information content (AvgIpc) is 2.45. The molecule has 0 aliphatic rings. The van der Waals surface area contributed by atoms with Gasteiger partial charge in [-0.1, -0.05) is 30.3 Å². The molecule has 1 atom stereocenters. The topological polar surface area (TPSA) is 69.4 Å². The molecular formula is C15H16FNO3S. The molecule has 0 saturated heterocycles. The van der Waals surface area contributed by atoms with Crippen LogP contribution in [0.15, 0.2) is 54.6 Å². The van der Waals surface area contributed by atoms with E-state index >= 15 is 0 Å². The van der Waals surface area contributed by atoms with Crippen molar-refractivity contribution >= 4 is 10.0 Å². The zero-order valence-corrected chi connectivity index (χ0v) is 12.1.